The van der Waals surface area contributed by atoms with E-state index in [0.717, 1.165) is 12.1 Å². The first-order valence-corrected chi connectivity index (χ1v) is 6.26. The van der Waals surface area contributed by atoms with Crippen molar-refractivity contribution in [2.24, 2.45) is 11.8 Å². The zero-order valence-corrected chi connectivity index (χ0v) is 10.9. The summed E-state index contributed by atoms with van der Waals surface area (Å²) in [5.74, 6) is 3.88. The number of pyridine rings is 1. The number of hydrogen-bond donors (Lipinski definition) is 2. The third-order valence-electron chi connectivity index (χ3n) is 3.36. The summed E-state index contributed by atoms with van der Waals surface area (Å²) in [4.78, 5) is 15.6. The van der Waals surface area contributed by atoms with Crippen LogP contribution in [-0.2, 0) is 0 Å². The Labute approximate surface area is 118 Å². The van der Waals surface area contributed by atoms with Crippen LogP contribution in [0.3, 0.4) is 0 Å². The number of nitro groups is 1. The highest BCUT2D eigenvalue weighted by Crippen LogP contribution is 2.35. The van der Waals surface area contributed by atoms with Crippen LogP contribution in [0.4, 0.5) is 30.5 Å². The number of rotatable bonds is 3. The van der Waals surface area contributed by atoms with Crippen LogP contribution >= 0.6 is 0 Å². The number of nitrogens with two attached hydrogens (primary N) is 1. The molecular weight excluding hydrogens is 291 g/mol. The quantitative estimate of drug-likeness (QED) is 0.504. The Bertz CT molecular complexity index is 537. The van der Waals surface area contributed by atoms with Crippen LogP contribution in [0, 0.1) is 16.0 Å². The van der Waals surface area contributed by atoms with Gasteiger partial charge in [-0.2, -0.15) is 13.2 Å². The Kier molecular flexibility index (Phi) is 4.16. The van der Waals surface area contributed by atoms with Gasteiger partial charge in [0.2, 0.25) is 0 Å². The molecule has 2 heterocycles. The first-order chi connectivity index (χ1) is 9.81. The van der Waals surface area contributed by atoms with Crippen LogP contribution in [0.2, 0.25) is 0 Å². The van der Waals surface area contributed by atoms with Gasteiger partial charge in [0, 0.05) is 13.1 Å². The number of anilines is 2. The minimum atomic E-state index is -4.28. The van der Waals surface area contributed by atoms with Gasteiger partial charge in [0.05, 0.1) is 23.0 Å². The first kappa shape index (κ1) is 15.3. The third kappa shape index (κ3) is 3.51. The predicted molar refractivity (Wildman–Crippen MR) is 69.7 cm³/mol. The van der Waals surface area contributed by atoms with Crippen molar-refractivity contribution in [3.05, 3.63) is 22.2 Å². The summed E-state index contributed by atoms with van der Waals surface area (Å²) in [6.45, 7) is 0.104. The van der Waals surface area contributed by atoms with Gasteiger partial charge in [-0.3, -0.25) is 10.1 Å². The Morgan fingerprint density at radius 1 is 1.48 bits per heavy atom. The molecule has 1 aromatic rings. The van der Waals surface area contributed by atoms with Gasteiger partial charge in [-0.05, 0) is 12.8 Å². The molecule has 1 saturated heterocycles. The summed E-state index contributed by atoms with van der Waals surface area (Å²) >= 11 is 0. The van der Waals surface area contributed by atoms with Crippen molar-refractivity contribution in [1.29, 1.82) is 0 Å². The second kappa shape index (κ2) is 5.72. The lowest BCUT2D eigenvalue weighted by molar-refractivity contribution is -0.384. The first-order valence-electron chi connectivity index (χ1n) is 6.26. The Morgan fingerprint density at radius 3 is 2.76 bits per heavy atom. The fourth-order valence-electron chi connectivity index (χ4n) is 2.30. The van der Waals surface area contributed by atoms with Crippen LogP contribution < -0.4 is 16.2 Å². The molecule has 0 aromatic carbocycles. The molecule has 1 aliphatic heterocycles. The van der Waals surface area contributed by atoms with E-state index < -0.39 is 17.0 Å². The van der Waals surface area contributed by atoms with Crippen LogP contribution in [0.25, 0.3) is 0 Å². The minimum absolute atomic E-state index is 0.0355. The summed E-state index contributed by atoms with van der Waals surface area (Å²) in [5, 5.41) is 10.8. The lowest BCUT2D eigenvalue weighted by Crippen LogP contribution is -2.42. The molecule has 1 atom stereocenters. The van der Waals surface area contributed by atoms with E-state index in [0.29, 0.717) is 13.0 Å². The summed E-state index contributed by atoms with van der Waals surface area (Å²) in [7, 11) is 0. The number of aromatic nitrogens is 1. The number of alkyl halides is 3. The molecule has 7 nitrogen and oxygen atoms in total. The fraction of sp³-hybridized carbons (Fsp3) is 0.545. The van der Waals surface area contributed by atoms with Crippen molar-refractivity contribution in [3.63, 3.8) is 0 Å². The van der Waals surface area contributed by atoms with Gasteiger partial charge in [0.25, 0.3) is 5.69 Å². The molecule has 0 saturated carbocycles. The van der Waals surface area contributed by atoms with E-state index in [4.69, 9.17) is 5.84 Å². The van der Waals surface area contributed by atoms with E-state index in [2.05, 4.69) is 10.4 Å². The van der Waals surface area contributed by atoms with Gasteiger partial charge in [0.15, 0.2) is 0 Å². The van der Waals surface area contributed by atoms with Gasteiger partial charge < -0.3 is 10.3 Å². The normalized spacial score (nSPS) is 19.4. The van der Waals surface area contributed by atoms with Crippen molar-refractivity contribution in [3.8, 4) is 0 Å². The summed E-state index contributed by atoms with van der Waals surface area (Å²) in [5.41, 5.74) is 1.90. The predicted octanol–water partition coefficient (Wildman–Crippen LogP) is 2.05. The maximum absolute atomic E-state index is 12.8. The van der Waals surface area contributed by atoms with Crippen LogP contribution in [0.15, 0.2) is 12.1 Å². The molecule has 116 valence electrons. The van der Waals surface area contributed by atoms with E-state index in [1.165, 1.54) is 4.90 Å². The largest absolute Gasteiger partial charge is 0.393 e. The van der Waals surface area contributed by atoms with Gasteiger partial charge in [-0.15, -0.1) is 0 Å². The monoisotopic (exact) mass is 305 g/mol. The number of nitrogens with zero attached hydrogens (tertiary/aromatic N) is 3. The molecule has 1 aliphatic rings. The SMILES string of the molecule is NNc1cc([N+](=O)[O-])cc(N2CCCC(C(F)(F)F)C2)n1. The number of hydrogen-bond acceptors (Lipinski definition) is 6. The molecule has 0 spiro atoms. The molecule has 10 heteroatoms. The molecule has 1 fully saturated rings. The molecule has 0 amide bonds. The fourth-order valence-corrected chi connectivity index (χ4v) is 2.30. The minimum Gasteiger partial charge on any atom is -0.356 e. The van der Waals surface area contributed by atoms with Gasteiger partial charge in [0.1, 0.15) is 11.6 Å². The third-order valence-corrected chi connectivity index (χ3v) is 3.36. The summed E-state index contributed by atoms with van der Waals surface area (Å²) in [6, 6.07) is 2.27. The molecule has 0 bridgehead atoms. The van der Waals surface area contributed by atoms with Crippen molar-refractivity contribution in [2.75, 3.05) is 23.4 Å². The average Bonchev–Trinajstić information content (AvgIpc) is 2.46. The van der Waals surface area contributed by atoms with Crippen LogP contribution in [0.5, 0.6) is 0 Å². The Hall–Kier alpha value is -2.10. The second-order valence-electron chi connectivity index (χ2n) is 4.80. The second-order valence-corrected chi connectivity index (χ2v) is 4.80. The number of piperidine rings is 1. The van der Waals surface area contributed by atoms with Crippen molar-refractivity contribution < 1.29 is 18.1 Å². The zero-order valence-electron chi connectivity index (χ0n) is 10.9. The highest BCUT2D eigenvalue weighted by atomic mass is 19.4. The maximum Gasteiger partial charge on any atom is 0.393 e. The van der Waals surface area contributed by atoms with E-state index in [-0.39, 0.29) is 30.3 Å². The standard InChI is InChI=1S/C11H14F3N5O2/c12-11(13,14)7-2-1-3-18(6-7)10-5-8(19(20)21)4-9(16-10)17-15/h4-5,7H,1-3,6,15H2,(H,16,17). The number of nitrogens with one attached hydrogen (secondary N) is 1. The molecule has 1 aromatic heterocycles. The summed E-state index contributed by atoms with van der Waals surface area (Å²) in [6.07, 6.45) is -3.88. The number of hydrazine groups is 1. The molecule has 0 aliphatic carbocycles. The number of halogens is 3. The Morgan fingerprint density at radius 2 is 2.19 bits per heavy atom. The molecule has 2 rings (SSSR count). The molecule has 3 N–H and O–H groups in total. The highest BCUT2D eigenvalue weighted by Gasteiger charge is 2.42. The van der Waals surface area contributed by atoms with Crippen LogP contribution in [-0.4, -0.2) is 29.2 Å². The lowest BCUT2D eigenvalue weighted by atomic mass is 9.97. The smallest absolute Gasteiger partial charge is 0.356 e. The molecular formula is C11H14F3N5O2. The number of nitrogen functional groups attached to an aromatic ring is 1. The summed E-state index contributed by atoms with van der Waals surface area (Å²) < 4.78 is 38.4. The van der Waals surface area contributed by atoms with E-state index in [1.54, 1.807) is 0 Å². The van der Waals surface area contributed by atoms with Gasteiger partial charge in [-0.1, -0.05) is 0 Å². The van der Waals surface area contributed by atoms with Crippen LogP contribution in [0.1, 0.15) is 12.8 Å². The average molecular weight is 305 g/mol. The molecule has 0 radical (unpaired) electrons. The Balaban J connectivity index is 2.28. The zero-order chi connectivity index (χ0) is 15.6. The van der Waals surface area contributed by atoms with Gasteiger partial charge >= 0.3 is 6.18 Å². The van der Waals surface area contributed by atoms with E-state index >= 15 is 0 Å². The molecule has 1 unspecified atom stereocenters. The van der Waals surface area contributed by atoms with Crippen molar-refractivity contribution in [1.82, 2.24) is 4.98 Å². The van der Waals surface area contributed by atoms with Crippen molar-refractivity contribution >= 4 is 17.3 Å². The topological polar surface area (TPSA) is 97.3 Å². The highest BCUT2D eigenvalue weighted by molar-refractivity contribution is 5.55. The molecule has 21 heavy (non-hydrogen) atoms. The lowest BCUT2D eigenvalue weighted by Gasteiger charge is -2.34. The van der Waals surface area contributed by atoms with E-state index in [9.17, 15) is 23.3 Å². The van der Waals surface area contributed by atoms with E-state index in [1.807, 2.05) is 0 Å². The maximum atomic E-state index is 12.8. The van der Waals surface area contributed by atoms with Gasteiger partial charge in [-0.25, -0.2) is 10.8 Å². The van der Waals surface area contributed by atoms with Crippen molar-refractivity contribution in [2.45, 2.75) is 19.0 Å².